The first-order valence-corrected chi connectivity index (χ1v) is 12.7. The molecule has 1 aliphatic heterocycles. The van der Waals surface area contributed by atoms with Crippen molar-refractivity contribution in [3.63, 3.8) is 0 Å². The van der Waals surface area contributed by atoms with Crippen molar-refractivity contribution in [1.82, 2.24) is 19.5 Å². The molecule has 0 saturated heterocycles. The number of aromatic amines is 1. The molecule has 2 heterocycles. The van der Waals surface area contributed by atoms with Crippen molar-refractivity contribution < 1.29 is 18.0 Å². The van der Waals surface area contributed by atoms with Crippen molar-refractivity contribution >= 4 is 39.2 Å². The number of carbonyl (C=O) groups is 2. The number of aromatic nitrogens is 1. The molecular formula is C24H33N5O4S. The van der Waals surface area contributed by atoms with Gasteiger partial charge in [0.15, 0.2) is 0 Å². The zero-order chi connectivity index (χ0) is 25.2. The summed E-state index contributed by atoms with van der Waals surface area (Å²) < 4.78 is 26.3. The van der Waals surface area contributed by atoms with E-state index in [2.05, 4.69) is 34.4 Å². The number of fused-ring (bicyclic) bond motifs is 1. The minimum Gasteiger partial charge on any atom is -0.358 e. The van der Waals surface area contributed by atoms with Gasteiger partial charge in [-0.1, -0.05) is 13.8 Å². The van der Waals surface area contributed by atoms with Crippen LogP contribution in [0.3, 0.4) is 0 Å². The monoisotopic (exact) mass is 487 g/mol. The molecular weight excluding hydrogens is 454 g/mol. The number of hydrogen-bond acceptors (Lipinski definition) is 5. The molecule has 184 valence electrons. The summed E-state index contributed by atoms with van der Waals surface area (Å²) in [6.07, 6.45) is 1.67. The molecule has 2 aromatic rings. The van der Waals surface area contributed by atoms with Crippen LogP contribution in [0.25, 0.3) is 11.6 Å². The Morgan fingerprint density at radius 2 is 1.82 bits per heavy atom. The third kappa shape index (κ3) is 4.94. The number of rotatable bonds is 9. The SMILES string of the molecule is CCN(CC)CCNC(=O)c1c(C)[nH]c(C=C2C(=O)Nc3ccc(S(=O)(=O)N(C)C)cc32)c1C. The van der Waals surface area contributed by atoms with Gasteiger partial charge in [-0.15, -0.1) is 0 Å². The van der Waals surface area contributed by atoms with Gasteiger partial charge in [-0.25, -0.2) is 12.7 Å². The highest BCUT2D eigenvalue weighted by atomic mass is 32.2. The van der Waals surface area contributed by atoms with Crippen molar-refractivity contribution in [3.05, 3.63) is 46.3 Å². The van der Waals surface area contributed by atoms with Gasteiger partial charge in [-0.05, 0) is 56.8 Å². The largest absolute Gasteiger partial charge is 0.358 e. The van der Waals surface area contributed by atoms with Crippen LogP contribution in [-0.2, 0) is 14.8 Å². The Bertz CT molecular complexity index is 1240. The summed E-state index contributed by atoms with van der Waals surface area (Å²) in [7, 11) is -0.729. The van der Waals surface area contributed by atoms with E-state index in [1.54, 1.807) is 12.1 Å². The molecule has 0 unspecified atom stereocenters. The van der Waals surface area contributed by atoms with Gasteiger partial charge in [0.05, 0.1) is 16.0 Å². The van der Waals surface area contributed by atoms with Crippen LogP contribution in [0.15, 0.2) is 23.1 Å². The van der Waals surface area contributed by atoms with Crippen molar-refractivity contribution in [2.45, 2.75) is 32.6 Å². The second-order valence-corrected chi connectivity index (χ2v) is 10.6. The third-order valence-corrected chi connectivity index (χ3v) is 7.96. The number of nitrogens with zero attached hydrogens (tertiary/aromatic N) is 2. The van der Waals surface area contributed by atoms with E-state index in [0.717, 1.165) is 29.5 Å². The number of carbonyl (C=O) groups excluding carboxylic acids is 2. The molecule has 34 heavy (non-hydrogen) atoms. The van der Waals surface area contributed by atoms with Gasteiger partial charge in [0.25, 0.3) is 11.8 Å². The van der Waals surface area contributed by atoms with E-state index >= 15 is 0 Å². The number of H-pyrrole nitrogens is 1. The van der Waals surface area contributed by atoms with E-state index in [0.29, 0.717) is 40.3 Å². The number of aryl methyl sites for hydroxylation is 1. The van der Waals surface area contributed by atoms with Gasteiger partial charge in [0.1, 0.15) is 0 Å². The van der Waals surface area contributed by atoms with Gasteiger partial charge < -0.3 is 20.5 Å². The first-order valence-electron chi connectivity index (χ1n) is 11.3. The third-order valence-electron chi connectivity index (χ3n) is 6.15. The molecule has 0 atom stereocenters. The molecule has 0 aliphatic carbocycles. The summed E-state index contributed by atoms with van der Waals surface area (Å²) in [5.41, 5.74) is 3.99. The Kier molecular flexibility index (Phi) is 7.64. The Morgan fingerprint density at radius 1 is 1.15 bits per heavy atom. The Balaban J connectivity index is 1.92. The smallest absolute Gasteiger partial charge is 0.256 e. The number of sulfonamides is 1. The number of likely N-dealkylation sites (N-methyl/N-ethyl adjacent to an activating group) is 1. The summed E-state index contributed by atoms with van der Waals surface area (Å²) in [5.74, 6) is -0.495. The highest BCUT2D eigenvalue weighted by molar-refractivity contribution is 7.89. The first-order chi connectivity index (χ1) is 16.0. The first kappa shape index (κ1) is 25.7. The summed E-state index contributed by atoms with van der Waals surface area (Å²) in [4.78, 5) is 31.1. The van der Waals surface area contributed by atoms with Gasteiger partial charge in [0, 0.05) is 49.8 Å². The molecule has 1 aromatic carbocycles. The second-order valence-electron chi connectivity index (χ2n) is 8.45. The number of nitrogens with one attached hydrogen (secondary N) is 3. The quantitative estimate of drug-likeness (QED) is 0.470. The minimum atomic E-state index is -3.65. The molecule has 3 N–H and O–H groups in total. The highest BCUT2D eigenvalue weighted by Gasteiger charge is 2.28. The molecule has 10 heteroatoms. The number of benzene rings is 1. The average molecular weight is 488 g/mol. The van der Waals surface area contributed by atoms with E-state index in [-0.39, 0.29) is 16.7 Å². The zero-order valence-electron chi connectivity index (χ0n) is 20.6. The lowest BCUT2D eigenvalue weighted by Crippen LogP contribution is -2.35. The fourth-order valence-corrected chi connectivity index (χ4v) is 4.97. The van der Waals surface area contributed by atoms with Crippen LogP contribution >= 0.6 is 0 Å². The van der Waals surface area contributed by atoms with Crippen LogP contribution in [0.2, 0.25) is 0 Å². The van der Waals surface area contributed by atoms with Crippen molar-refractivity contribution in [2.24, 2.45) is 0 Å². The van der Waals surface area contributed by atoms with Gasteiger partial charge in [-0.2, -0.15) is 0 Å². The fraction of sp³-hybridized carbons (Fsp3) is 0.417. The molecule has 0 bridgehead atoms. The van der Waals surface area contributed by atoms with E-state index < -0.39 is 10.0 Å². The molecule has 0 fully saturated rings. The molecule has 2 amide bonds. The topological polar surface area (TPSA) is 115 Å². The van der Waals surface area contributed by atoms with Gasteiger partial charge >= 0.3 is 0 Å². The summed E-state index contributed by atoms with van der Waals surface area (Å²) in [5, 5.41) is 5.75. The van der Waals surface area contributed by atoms with Crippen LogP contribution in [0.4, 0.5) is 5.69 Å². The Labute approximate surface area is 201 Å². The maximum atomic E-state index is 12.9. The van der Waals surface area contributed by atoms with Crippen LogP contribution < -0.4 is 10.6 Å². The Morgan fingerprint density at radius 3 is 2.44 bits per heavy atom. The number of anilines is 1. The van der Waals surface area contributed by atoms with Crippen molar-refractivity contribution in [1.29, 1.82) is 0 Å². The molecule has 0 radical (unpaired) electrons. The lowest BCUT2D eigenvalue weighted by molar-refractivity contribution is -0.110. The maximum Gasteiger partial charge on any atom is 0.256 e. The molecule has 0 saturated carbocycles. The molecule has 1 aromatic heterocycles. The number of hydrogen-bond donors (Lipinski definition) is 3. The predicted octanol–water partition coefficient (Wildman–Crippen LogP) is 2.45. The lowest BCUT2D eigenvalue weighted by Gasteiger charge is -2.18. The van der Waals surface area contributed by atoms with E-state index in [9.17, 15) is 18.0 Å². The summed E-state index contributed by atoms with van der Waals surface area (Å²) in [6, 6.07) is 4.56. The van der Waals surface area contributed by atoms with E-state index in [4.69, 9.17) is 0 Å². The van der Waals surface area contributed by atoms with Crippen LogP contribution in [0.5, 0.6) is 0 Å². The molecule has 9 nitrogen and oxygen atoms in total. The standard InChI is InChI=1S/C24H33N5O4S/c1-7-29(8-2)12-11-25-24(31)22-15(3)21(26-16(22)4)14-19-18-13-17(34(32,33)28(5)6)9-10-20(18)27-23(19)30/h9-10,13-14,26H,7-8,11-12H2,1-6H3,(H,25,31)(H,27,30). The lowest BCUT2D eigenvalue weighted by atomic mass is 10.0. The minimum absolute atomic E-state index is 0.103. The Hall–Kier alpha value is -2.95. The fourth-order valence-electron chi connectivity index (χ4n) is 4.04. The van der Waals surface area contributed by atoms with Crippen molar-refractivity contribution in [3.8, 4) is 0 Å². The predicted molar refractivity (Wildman–Crippen MR) is 134 cm³/mol. The molecule has 3 rings (SSSR count). The number of amides is 2. The second kappa shape index (κ2) is 10.1. The normalized spacial score (nSPS) is 14.7. The van der Waals surface area contributed by atoms with E-state index in [1.807, 2.05) is 13.8 Å². The van der Waals surface area contributed by atoms with Gasteiger partial charge in [0.2, 0.25) is 10.0 Å². The van der Waals surface area contributed by atoms with Crippen LogP contribution in [-0.4, -0.2) is 74.7 Å². The van der Waals surface area contributed by atoms with Crippen LogP contribution in [0, 0.1) is 13.8 Å². The van der Waals surface area contributed by atoms with Crippen molar-refractivity contribution in [2.75, 3.05) is 45.6 Å². The van der Waals surface area contributed by atoms with Crippen LogP contribution in [0.1, 0.15) is 46.7 Å². The average Bonchev–Trinajstić information content (AvgIpc) is 3.25. The molecule has 0 spiro atoms. The van der Waals surface area contributed by atoms with E-state index in [1.165, 1.54) is 26.2 Å². The zero-order valence-corrected chi connectivity index (χ0v) is 21.4. The highest BCUT2D eigenvalue weighted by Crippen LogP contribution is 2.36. The molecule has 1 aliphatic rings. The van der Waals surface area contributed by atoms with Gasteiger partial charge in [-0.3, -0.25) is 9.59 Å². The summed E-state index contributed by atoms with van der Waals surface area (Å²) >= 11 is 0. The maximum absolute atomic E-state index is 12.9. The summed E-state index contributed by atoms with van der Waals surface area (Å²) in [6.45, 7) is 11.0.